The molecular weight excluding hydrogens is 945 g/mol. The van der Waals surface area contributed by atoms with E-state index >= 15 is 0 Å². The Hall–Kier alpha value is -7.17. The number of carboxylic acids is 1. The van der Waals surface area contributed by atoms with Gasteiger partial charge >= 0.3 is 48.3 Å². The number of hydrogen-bond acceptors (Lipinski definition) is 17. The minimum Gasteiger partial charge on any atom is -0.480 e. The second-order valence-electron chi connectivity index (χ2n) is 18.4. The Labute approximate surface area is 420 Å². The number of carbonyl (C=O) groups excluding carboxylic acids is 8. The van der Waals surface area contributed by atoms with Crippen LogP contribution in [-0.4, -0.2) is 146 Å². The zero-order chi connectivity index (χ0) is 54.0. The van der Waals surface area contributed by atoms with Crippen molar-refractivity contribution >= 4 is 54.2 Å². The van der Waals surface area contributed by atoms with Gasteiger partial charge in [0.2, 0.25) is 5.91 Å². The first-order valence-corrected chi connectivity index (χ1v) is 23.3. The molecule has 2 aliphatic rings. The number of rotatable bonds is 15. The number of esters is 3. The minimum atomic E-state index is -1.33. The summed E-state index contributed by atoms with van der Waals surface area (Å²) in [5.41, 5.74) is 0.0662. The molecule has 4 rings (SSSR count). The lowest BCUT2D eigenvalue weighted by atomic mass is 9.95. The number of nitrogens with one attached hydrogen (secondary N) is 5. The van der Waals surface area contributed by atoms with Crippen molar-refractivity contribution in [2.45, 2.75) is 148 Å². The molecule has 5 amide bonds. The number of amides is 5. The molecule has 0 aromatic heterocycles. The summed E-state index contributed by atoms with van der Waals surface area (Å²) in [6.07, 6.45) is 0.935. The van der Waals surface area contributed by atoms with E-state index in [4.69, 9.17) is 28.8 Å². The molecule has 23 heteroatoms. The average molecular weight is 1020 g/mol. The van der Waals surface area contributed by atoms with Gasteiger partial charge in [-0.2, -0.15) is 0 Å². The van der Waals surface area contributed by atoms with E-state index in [1.165, 1.54) is 26.2 Å². The number of carboxylic acid groups (broad SMARTS) is 1. The van der Waals surface area contributed by atoms with Crippen molar-refractivity contribution in [1.29, 1.82) is 0 Å². The summed E-state index contributed by atoms with van der Waals surface area (Å²) >= 11 is 0. The second-order valence-corrected chi connectivity index (χ2v) is 18.4. The summed E-state index contributed by atoms with van der Waals surface area (Å²) in [6.45, 7) is 11.4. The molecule has 6 atom stereocenters. The molecule has 0 saturated carbocycles. The van der Waals surface area contributed by atoms with Crippen LogP contribution in [0, 0.1) is 0 Å². The molecule has 400 valence electrons. The van der Waals surface area contributed by atoms with E-state index in [0.29, 0.717) is 25.7 Å². The number of aliphatic carboxylic acids is 1. The molecule has 23 nitrogen and oxygen atoms in total. The largest absolute Gasteiger partial charge is 0.480 e. The third-order valence-electron chi connectivity index (χ3n) is 10.3. The predicted octanol–water partition coefficient (Wildman–Crippen LogP) is 4.48. The van der Waals surface area contributed by atoms with Crippen LogP contribution in [0.1, 0.15) is 98.1 Å². The molecule has 2 saturated heterocycles. The number of carbonyl (C=O) groups is 9. The fourth-order valence-electron chi connectivity index (χ4n) is 6.92. The van der Waals surface area contributed by atoms with Gasteiger partial charge in [0, 0.05) is 6.04 Å². The third-order valence-corrected chi connectivity index (χ3v) is 10.3. The summed E-state index contributed by atoms with van der Waals surface area (Å²) in [5, 5.41) is 21.5. The Morgan fingerprint density at radius 1 is 0.597 bits per heavy atom. The van der Waals surface area contributed by atoms with Gasteiger partial charge in [0.1, 0.15) is 54.6 Å². The Bertz CT molecular complexity index is 2060. The number of piperidine rings is 2. The summed E-state index contributed by atoms with van der Waals surface area (Å²) in [7, 11) is 3.95. The van der Waals surface area contributed by atoms with E-state index in [2.05, 4.69) is 36.1 Å². The van der Waals surface area contributed by atoms with Crippen LogP contribution in [0.3, 0.4) is 0 Å². The van der Waals surface area contributed by atoms with E-state index in [9.17, 15) is 43.2 Å². The normalized spacial score (nSPS) is 18.1. The summed E-state index contributed by atoms with van der Waals surface area (Å²) in [6, 6.07) is 13.9. The molecule has 0 aliphatic carbocycles. The quantitative estimate of drug-likeness (QED) is 0.106. The van der Waals surface area contributed by atoms with Crippen LogP contribution >= 0.6 is 0 Å². The monoisotopic (exact) mass is 1020 g/mol. The van der Waals surface area contributed by atoms with Crippen molar-refractivity contribution in [3.8, 4) is 0 Å². The standard InChI is InChI=1S/C24H35N3O7.C16H22N2O6.C9H15NO4/c1-16-10-9-13-19(21(29)32-5)27(16)20(28)18(26-23(31)34-24(2,3)4)14-25-22(30)33-15-17-11-7-6-8-12-17;1-16(2,3)24-15(22)18-12(13(19)20)9-17-14(21)23-10-11-7-5-4-6-8-11;1-13-8(11)6-4-3-5-7(10-6)9(12)14-2/h6-8,11-12,16,18-19H,9-10,13-15H2,1-5H3,(H,25,30)(H,26,31);4-8,12H,9-10H2,1-3H3,(H,17,21)(H,18,22)(H,19,20);6-7,10H,3-5H2,1-2H3/t16-,18-,19-;12-;6-,7+/m00./s1. The van der Waals surface area contributed by atoms with Gasteiger partial charge < -0.3 is 64.4 Å². The highest BCUT2D eigenvalue weighted by atomic mass is 16.6. The number of nitrogens with zero attached hydrogens (tertiary/aromatic N) is 1. The van der Waals surface area contributed by atoms with Crippen LogP contribution in [0.4, 0.5) is 19.2 Å². The molecular formula is C49H72N6O17. The molecule has 0 spiro atoms. The lowest BCUT2D eigenvalue weighted by Crippen LogP contribution is -2.61. The fraction of sp³-hybridized carbons (Fsp3) is 0.571. The maximum Gasteiger partial charge on any atom is 0.408 e. The van der Waals surface area contributed by atoms with Gasteiger partial charge in [-0.1, -0.05) is 60.7 Å². The maximum atomic E-state index is 13.5. The molecule has 0 radical (unpaired) electrons. The highest BCUT2D eigenvalue weighted by Crippen LogP contribution is 2.25. The minimum absolute atomic E-state index is 0.0539. The Kier molecular flexibility index (Phi) is 25.9. The van der Waals surface area contributed by atoms with E-state index in [1.54, 1.807) is 53.7 Å². The number of methoxy groups -OCH3 is 3. The molecule has 2 heterocycles. The topological polar surface area (TPSA) is 302 Å². The first-order chi connectivity index (χ1) is 33.9. The molecule has 2 aromatic rings. The lowest BCUT2D eigenvalue weighted by Gasteiger charge is -2.40. The Balaban J connectivity index is 0.000000405. The average Bonchev–Trinajstić information content (AvgIpc) is 3.34. The van der Waals surface area contributed by atoms with Crippen LogP contribution in [-0.2, 0) is 70.3 Å². The summed E-state index contributed by atoms with van der Waals surface area (Å²) in [5.74, 6) is -2.98. The Morgan fingerprint density at radius 3 is 1.40 bits per heavy atom. The first kappa shape index (κ1) is 61.0. The molecule has 2 aromatic carbocycles. The van der Waals surface area contributed by atoms with Crippen LogP contribution in [0.15, 0.2) is 60.7 Å². The van der Waals surface area contributed by atoms with Gasteiger partial charge in [0.15, 0.2) is 0 Å². The number of likely N-dealkylation sites (tertiary alicyclic amines) is 1. The smallest absolute Gasteiger partial charge is 0.408 e. The van der Waals surface area contributed by atoms with Gasteiger partial charge in [-0.25, -0.2) is 28.8 Å². The SMILES string of the molecule is CC(C)(C)OC(=O)N[C@@H](CNC(=O)OCc1ccccc1)C(=O)O.COC(=O)[C@@H]1CCC[C@H](C(=O)OC)N1.COC(=O)[C@@H]1CCC[C@H](C)N1C(=O)[C@H](CNC(=O)OCc1ccccc1)NC(=O)OC(C)(C)C. The number of ether oxygens (including phenoxy) is 7. The number of hydrogen-bond donors (Lipinski definition) is 6. The van der Waals surface area contributed by atoms with Gasteiger partial charge in [-0.3, -0.25) is 19.7 Å². The third kappa shape index (κ3) is 23.6. The lowest BCUT2D eigenvalue weighted by molar-refractivity contribution is -0.157. The van der Waals surface area contributed by atoms with Crippen LogP contribution in [0.2, 0.25) is 0 Å². The Morgan fingerprint density at radius 2 is 1.00 bits per heavy atom. The molecule has 72 heavy (non-hydrogen) atoms. The highest BCUT2D eigenvalue weighted by Gasteiger charge is 2.41. The van der Waals surface area contributed by atoms with Crippen molar-refractivity contribution in [1.82, 2.24) is 31.5 Å². The van der Waals surface area contributed by atoms with E-state index in [1.807, 2.05) is 55.5 Å². The number of alkyl carbamates (subject to hydrolysis) is 4. The second kappa shape index (κ2) is 30.5. The van der Waals surface area contributed by atoms with Gasteiger partial charge in [-0.05, 0) is 98.1 Å². The molecule has 6 N–H and O–H groups in total. The van der Waals surface area contributed by atoms with Crippen molar-refractivity contribution < 1.29 is 81.4 Å². The van der Waals surface area contributed by atoms with Crippen molar-refractivity contribution in [2.75, 3.05) is 34.4 Å². The zero-order valence-corrected chi connectivity index (χ0v) is 42.7. The summed E-state index contributed by atoms with van der Waals surface area (Å²) in [4.78, 5) is 109. The van der Waals surface area contributed by atoms with Crippen LogP contribution in [0.5, 0.6) is 0 Å². The van der Waals surface area contributed by atoms with Crippen molar-refractivity contribution in [2.24, 2.45) is 0 Å². The van der Waals surface area contributed by atoms with Gasteiger partial charge in [0.25, 0.3) is 0 Å². The summed E-state index contributed by atoms with van der Waals surface area (Å²) < 4.78 is 34.5. The fourth-order valence-corrected chi connectivity index (χ4v) is 6.92. The predicted molar refractivity (Wildman–Crippen MR) is 258 cm³/mol. The maximum absolute atomic E-state index is 13.5. The molecule has 2 aliphatic heterocycles. The molecule has 2 fully saturated rings. The number of benzene rings is 2. The molecule has 0 bridgehead atoms. The molecule has 0 unspecified atom stereocenters. The van der Waals surface area contributed by atoms with Crippen molar-refractivity contribution in [3.05, 3.63) is 71.8 Å². The van der Waals surface area contributed by atoms with Crippen LogP contribution in [0.25, 0.3) is 0 Å². The van der Waals surface area contributed by atoms with Crippen LogP contribution < -0.4 is 26.6 Å². The van der Waals surface area contributed by atoms with Crippen molar-refractivity contribution in [3.63, 3.8) is 0 Å². The first-order valence-electron chi connectivity index (χ1n) is 23.3. The van der Waals surface area contributed by atoms with Gasteiger partial charge in [-0.15, -0.1) is 0 Å². The zero-order valence-electron chi connectivity index (χ0n) is 42.7. The van der Waals surface area contributed by atoms with E-state index in [0.717, 1.165) is 24.0 Å². The van der Waals surface area contributed by atoms with E-state index < -0.39 is 71.5 Å². The van der Waals surface area contributed by atoms with Gasteiger partial charge in [0.05, 0.1) is 34.4 Å². The van der Waals surface area contributed by atoms with E-state index in [-0.39, 0.29) is 56.4 Å². The highest BCUT2D eigenvalue weighted by molar-refractivity contribution is 5.91.